The van der Waals surface area contributed by atoms with E-state index < -0.39 is 0 Å². The minimum absolute atomic E-state index is 0.307. The summed E-state index contributed by atoms with van der Waals surface area (Å²) in [5.74, 6) is 1.82. The number of nitrogens with two attached hydrogens (primary N) is 1. The van der Waals surface area contributed by atoms with E-state index in [0.717, 1.165) is 42.9 Å². The molecule has 1 aliphatic heterocycles. The zero-order valence-electron chi connectivity index (χ0n) is 9.90. The molecule has 0 aromatic carbocycles. The largest absolute Gasteiger partial charge is 0.381 e. The molecule has 0 unspecified atom stereocenters. The molecular formula is C11H17BrN4O. The summed E-state index contributed by atoms with van der Waals surface area (Å²) in [4.78, 5) is 10.3. The van der Waals surface area contributed by atoms with Crippen LogP contribution >= 0.6 is 15.9 Å². The van der Waals surface area contributed by atoms with Crippen molar-refractivity contribution in [3.8, 4) is 0 Å². The molecule has 2 heterocycles. The number of halogens is 1. The van der Waals surface area contributed by atoms with Crippen molar-refractivity contribution in [2.45, 2.75) is 12.8 Å². The molecule has 0 aliphatic carbocycles. The molecule has 0 spiro atoms. The van der Waals surface area contributed by atoms with Gasteiger partial charge in [0.2, 0.25) is 5.95 Å². The average Bonchev–Trinajstić information content (AvgIpc) is 2.33. The third kappa shape index (κ3) is 3.29. The molecule has 94 valence electrons. The van der Waals surface area contributed by atoms with Crippen LogP contribution in [0.5, 0.6) is 0 Å². The summed E-state index contributed by atoms with van der Waals surface area (Å²) >= 11 is 3.45. The lowest BCUT2D eigenvalue weighted by atomic mass is 10.00. The SMILES string of the molecule is CN(CC1CCOCC1)c1nc(N)ncc1Br. The van der Waals surface area contributed by atoms with E-state index in [2.05, 4.69) is 30.8 Å². The normalized spacial score (nSPS) is 17.1. The molecule has 0 radical (unpaired) electrons. The molecule has 1 aromatic heterocycles. The second kappa shape index (κ2) is 5.64. The third-order valence-electron chi connectivity index (χ3n) is 2.98. The van der Waals surface area contributed by atoms with E-state index in [1.54, 1.807) is 6.20 Å². The minimum atomic E-state index is 0.307. The summed E-state index contributed by atoms with van der Waals surface area (Å²) in [6, 6.07) is 0. The van der Waals surface area contributed by atoms with Crippen molar-refractivity contribution in [2.24, 2.45) is 5.92 Å². The lowest BCUT2D eigenvalue weighted by molar-refractivity contribution is 0.0685. The minimum Gasteiger partial charge on any atom is -0.381 e. The second-order valence-electron chi connectivity index (χ2n) is 4.34. The van der Waals surface area contributed by atoms with Gasteiger partial charge in [-0.1, -0.05) is 0 Å². The van der Waals surface area contributed by atoms with Gasteiger partial charge >= 0.3 is 0 Å². The highest BCUT2D eigenvalue weighted by Crippen LogP contribution is 2.25. The molecule has 6 heteroatoms. The zero-order chi connectivity index (χ0) is 12.3. The van der Waals surface area contributed by atoms with E-state index in [-0.39, 0.29) is 0 Å². The van der Waals surface area contributed by atoms with Crippen molar-refractivity contribution in [1.82, 2.24) is 9.97 Å². The fourth-order valence-corrected chi connectivity index (χ4v) is 2.54. The first kappa shape index (κ1) is 12.6. The van der Waals surface area contributed by atoms with Crippen LogP contribution in [0, 0.1) is 5.92 Å². The molecule has 1 saturated heterocycles. The Balaban J connectivity index is 2.02. The summed E-state index contributed by atoms with van der Waals surface area (Å²) < 4.78 is 6.23. The van der Waals surface area contributed by atoms with Gasteiger partial charge in [0.15, 0.2) is 0 Å². The van der Waals surface area contributed by atoms with Crippen molar-refractivity contribution < 1.29 is 4.74 Å². The first-order valence-corrected chi connectivity index (χ1v) is 6.53. The topological polar surface area (TPSA) is 64.3 Å². The molecular weight excluding hydrogens is 284 g/mol. The summed E-state index contributed by atoms with van der Waals surface area (Å²) in [7, 11) is 2.03. The molecule has 5 nitrogen and oxygen atoms in total. The highest BCUT2D eigenvalue weighted by Gasteiger charge is 2.18. The Morgan fingerprint density at radius 2 is 2.24 bits per heavy atom. The zero-order valence-corrected chi connectivity index (χ0v) is 11.5. The number of ether oxygens (including phenoxy) is 1. The summed E-state index contributed by atoms with van der Waals surface area (Å²) in [5, 5.41) is 0. The molecule has 0 atom stereocenters. The molecule has 2 rings (SSSR count). The maximum absolute atomic E-state index is 5.61. The van der Waals surface area contributed by atoms with Crippen LogP contribution in [-0.4, -0.2) is 36.8 Å². The summed E-state index contributed by atoms with van der Waals surface area (Å²) in [6.07, 6.45) is 3.92. The van der Waals surface area contributed by atoms with Crippen molar-refractivity contribution in [3.05, 3.63) is 10.7 Å². The van der Waals surface area contributed by atoms with Gasteiger partial charge in [-0.2, -0.15) is 4.98 Å². The molecule has 0 bridgehead atoms. The standard InChI is InChI=1S/C11H17BrN4O/c1-16(7-8-2-4-17-5-3-8)10-9(12)6-14-11(13)15-10/h6,8H,2-5,7H2,1H3,(H2,13,14,15). The van der Waals surface area contributed by atoms with E-state index in [0.29, 0.717) is 11.9 Å². The Kier molecular flexibility index (Phi) is 4.17. The number of rotatable bonds is 3. The van der Waals surface area contributed by atoms with Crippen LogP contribution in [0.1, 0.15) is 12.8 Å². The molecule has 1 aromatic rings. The van der Waals surface area contributed by atoms with E-state index >= 15 is 0 Å². The van der Waals surface area contributed by atoms with Gasteiger partial charge in [-0.15, -0.1) is 0 Å². The maximum Gasteiger partial charge on any atom is 0.222 e. The lowest BCUT2D eigenvalue weighted by Gasteiger charge is -2.28. The Morgan fingerprint density at radius 3 is 2.94 bits per heavy atom. The smallest absolute Gasteiger partial charge is 0.222 e. The van der Waals surface area contributed by atoms with Crippen molar-refractivity contribution >= 4 is 27.7 Å². The Bertz CT molecular complexity index is 382. The van der Waals surface area contributed by atoms with E-state index in [9.17, 15) is 0 Å². The van der Waals surface area contributed by atoms with E-state index in [4.69, 9.17) is 10.5 Å². The average molecular weight is 301 g/mol. The Morgan fingerprint density at radius 1 is 1.53 bits per heavy atom. The molecule has 0 saturated carbocycles. The van der Waals surface area contributed by atoms with Crippen LogP contribution < -0.4 is 10.6 Å². The summed E-state index contributed by atoms with van der Waals surface area (Å²) in [5.41, 5.74) is 5.61. The van der Waals surface area contributed by atoms with E-state index in [1.165, 1.54) is 0 Å². The second-order valence-corrected chi connectivity index (χ2v) is 5.19. The van der Waals surface area contributed by atoms with E-state index in [1.807, 2.05) is 7.05 Å². The predicted molar refractivity (Wildman–Crippen MR) is 71.0 cm³/mol. The monoisotopic (exact) mass is 300 g/mol. The van der Waals surface area contributed by atoms with Crippen LogP contribution in [-0.2, 0) is 4.74 Å². The van der Waals surface area contributed by atoms with Crippen molar-refractivity contribution in [1.29, 1.82) is 0 Å². The molecule has 0 amide bonds. The fourth-order valence-electron chi connectivity index (χ4n) is 2.04. The highest BCUT2D eigenvalue weighted by atomic mass is 79.9. The number of aromatic nitrogens is 2. The third-order valence-corrected chi connectivity index (χ3v) is 3.54. The number of hydrogen-bond acceptors (Lipinski definition) is 5. The first-order chi connectivity index (χ1) is 8.16. The number of anilines is 2. The molecule has 17 heavy (non-hydrogen) atoms. The van der Waals surface area contributed by atoms with Gasteiger partial charge in [0.25, 0.3) is 0 Å². The molecule has 1 fully saturated rings. The van der Waals surface area contributed by atoms with Gasteiger partial charge in [0, 0.05) is 33.0 Å². The summed E-state index contributed by atoms with van der Waals surface area (Å²) in [6.45, 7) is 2.70. The van der Waals surface area contributed by atoms with Crippen LogP contribution in [0.4, 0.5) is 11.8 Å². The van der Waals surface area contributed by atoms with Crippen LogP contribution in [0.2, 0.25) is 0 Å². The van der Waals surface area contributed by atoms with Gasteiger partial charge in [-0.3, -0.25) is 0 Å². The van der Waals surface area contributed by atoms with Gasteiger partial charge < -0.3 is 15.4 Å². The van der Waals surface area contributed by atoms with Crippen molar-refractivity contribution in [3.63, 3.8) is 0 Å². The van der Waals surface area contributed by atoms with Gasteiger partial charge in [-0.05, 0) is 34.7 Å². The fraction of sp³-hybridized carbons (Fsp3) is 0.636. The van der Waals surface area contributed by atoms with Crippen LogP contribution in [0.15, 0.2) is 10.7 Å². The molecule has 2 N–H and O–H groups in total. The Labute approximate surface area is 110 Å². The number of nitrogen functional groups attached to an aromatic ring is 1. The predicted octanol–water partition coefficient (Wildman–Crippen LogP) is 1.68. The van der Waals surface area contributed by atoms with Crippen molar-refractivity contribution in [2.75, 3.05) is 37.4 Å². The molecule has 1 aliphatic rings. The number of hydrogen-bond donors (Lipinski definition) is 1. The highest BCUT2D eigenvalue weighted by molar-refractivity contribution is 9.10. The van der Waals surface area contributed by atoms with Gasteiger partial charge in [0.05, 0.1) is 4.47 Å². The maximum atomic E-state index is 5.61. The van der Waals surface area contributed by atoms with Gasteiger partial charge in [0.1, 0.15) is 5.82 Å². The van der Waals surface area contributed by atoms with Crippen LogP contribution in [0.25, 0.3) is 0 Å². The van der Waals surface area contributed by atoms with Gasteiger partial charge in [-0.25, -0.2) is 4.98 Å². The quantitative estimate of drug-likeness (QED) is 0.920. The Hall–Kier alpha value is -0.880. The lowest BCUT2D eigenvalue weighted by Crippen LogP contribution is -2.30. The first-order valence-electron chi connectivity index (χ1n) is 5.73. The van der Waals surface area contributed by atoms with Crippen LogP contribution in [0.3, 0.4) is 0 Å². The number of nitrogens with zero attached hydrogens (tertiary/aromatic N) is 3.